The zero-order valence-electron chi connectivity index (χ0n) is 19.2. The van der Waals surface area contributed by atoms with Crippen LogP contribution in [0.2, 0.25) is 0 Å². The van der Waals surface area contributed by atoms with Gasteiger partial charge in [-0.25, -0.2) is 4.79 Å². The molecule has 0 fully saturated rings. The fourth-order valence-corrected chi connectivity index (χ4v) is 4.42. The summed E-state index contributed by atoms with van der Waals surface area (Å²) in [5.74, 6) is 0.731. The molecule has 0 radical (unpaired) electrons. The number of carbonyl (C=O) groups excluding carboxylic acids is 1. The number of furan rings is 1. The van der Waals surface area contributed by atoms with E-state index in [1.165, 1.54) is 0 Å². The van der Waals surface area contributed by atoms with Crippen molar-refractivity contribution in [1.82, 2.24) is 10.2 Å². The van der Waals surface area contributed by atoms with Crippen molar-refractivity contribution < 1.29 is 18.7 Å². The maximum atomic E-state index is 13.1. The summed E-state index contributed by atoms with van der Waals surface area (Å²) < 4.78 is 16.6. The molecule has 7 heteroatoms. The van der Waals surface area contributed by atoms with Crippen LogP contribution < -0.4 is 15.4 Å². The molecule has 1 aliphatic heterocycles. The number of fused-ring (bicyclic) bond motifs is 3. The van der Waals surface area contributed by atoms with E-state index in [0.29, 0.717) is 24.4 Å². The average molecular weight is 458 g/mol. The van der Waals surface area contributed by atoms with Crippen LogP contribution in [0.3, 0.4) is 0 Å². The number of carbonyl (C=O) groups is 1. The van der Waals surface area contributed by atoms with Gasteiger partial charge in [0.05, 0.1) is 30.8 Å². The van der Waals surface area contributed by atoms with Crippen LogP contribution in [0.1, 0.15) is 5.56 Å². The van der Waals surface area contributed by atoms with Crippen LogP contribution in [0, 0.1) is 0 Å². The molecule has 0 spiro atoms. The number of nitrogens with zero attached hydrogens (tertiary/aromatic N) is 1. The fraction of sp³-hybridized carbons (Fsp3) is 0.222. The van der Waals surface area contributed by atoms with E-state index >= 15 is 0 Å². The van der Waals surface area contributed by atoms with Gasteiger partial charge < -0.3 is 29.4 Å². The van der Waals surface area contributed by atoms with Gasteiger partial charge in [0, 0.05) is 31.8 Å². The monoisotopic (exact) mass is 457 g/mol. The number of ether oxygens (including phenoxy) is 2. The lowest BCUT2D eigenvalue weighted by Gasteiger charge is -2.20. The van der Waals surface area contributed by atoms with Gasteiger partial charge in [-0.1, -0.05) is 36.4 Å². The zero-order valence-corrected chi connectivity index (χ0v) is 19.2. The molecule has 0 saturated heterocycles. The van der Waals surface area contributed by atoms with Gasteiger partial charge >= 0.3 is 6.03 Å². The molecule has 0 saturated carbocycles. The third-order valence-electron chi connectivity index (χ3n) is 6.06. The first-order valence-corrected chi connectivity index (χ1v) is 11.2. The number of amides is 2. The summed E-state index contributed by atoms with van der Waals surface area (Å²) in [6, 6.07) is 21.0. The van der Waals surface area contributed by atoms with Gasteiger partial charge in [-0.3, -0.25) is 0 Å². The van der Waals surface area contributed by atoms with Gasteiger partial charge in [-0.2, -0.15) is 0 Å². The molecule has 1 aromatic heterocycles. The number of anilines is 1. The molecule has 34 heavy (non-hydrogen) atoms. The molecule has 4 aromatic rings. The van der Waals surface area contributed by atoms with Crippen molar-refractivity contribution in [3.63, 3.8) is 0 Å². The summed E-state index contributed by atoms with van der Waals surface area (Å²) in [7, 11) is 3.32. The summed E-state index contributed by atoms with van der Waals surface area (Å²) in [6.45, 7) is 2.06. The average Bonchev–Trinajstić information content (AvgIpc) is 3.44. The predicted molar refractivity (Wildman–Crippen MR) is 134 cm³/mol. The first kappa shape index (κ1) is 21.9. The maximum absolute atomic E-state index is 13.1. The van der Waals surface area contributed by atoms with Crippen LogP contribution in [0.15, 0.2) is 77.3 Å². The normalized spacial score (nSPS) is 15.5. The molecule has 0 bridgehead atoms. The van der Waals surface area contributed by atoms with Crippen LogP contribution >= 0.6 is 0 Å². The second-order valence-corrected chi connectivity index (χ2v) is 8.23. The fourth-order valence-electron chi connectivity index (χ4n) is 4.42. The van der Waals surface area contributed by atoms with E-state index < -0.39 is 0 Å². The van der Waals surface area contributed by atoms with E-state index in [-0.39, 0.29) is 12.1 Å². The minimum atomic E-state index is -0.273. The van der Waals surface area contributed by atoms with Crippen molar-refractivity contribution in [3.8, 4) is 5.75 Å². The predicted octanol–water partition coefficient (Wildman–Crippen LogP) is 5.09. The Morgan fingerprint density at radius 3 is 2.71 bits per heavy atom. The highest BCUT2D eigenvalue weighted by molar-refractivity contribution is 6.14. The van der Waals surface area contributed by atoms with Crippen LogP contribution in [-0.2, 0) is 4.74 Å². The third-order valence-corrected chi connectivity index (χ3v) is 6.06. The Morgan fingerprint density at radius 2 is 1.91 bits per heavy atom. The van der Waals surface area contributed by atoms with Crippen LogP contribution in [-0.4, -0.2) is 50.9 Å². The van der Waals surface area contributed by atoms with E-state index in [9.17, 15) is 4.79 Å². The van der Waals surface area contributed by atoms with Gasteiger partial charge in [-0.15, -0.1) is 0 Å². The van der Waals surface area contributed by atoms with Crippen molar-refractivity contribution >= 4 is 39.2 Å². The summed E-state index contributed by atoms with van der Waals surface area (Å²) in [5, 5.41) is 7.93. The molecule has 2 amide bonds. The van der Waals surface area contributed by atoms with Gasteiger partial charge in [0.2, 0.25) is 0 Å². The number of hydrogen-bond donors (Lipinski definition) is 2. The summed E-state index contributed by atoms with van der Waals surface area (Å²) in [6.07, 6.45) is 2.11. The van der Waals surface area contributed by atoms with Crippen LogP contribution in [0.5, 0.6) is 5.75 Å². The molecule has 3 aromatic carbocycles. The smallest absolute Gasteiger partial charge is 0.319 e. The Labute approximate surface area is 197 Å². The first-order chi connectivity index (χ1) is 16.7. The first-order valence-electron chi connectivity index (χ1n) is 11.2. The molecule has 0 unspecified atom stereocenters. The summed E-state index contributed by atoms with van der Waals surface area (Å²) in [4.78, 5) is 15.3. The van der Waals surface area contributed by atoms with Crippen LogP contribution in [0.4, 0.5) is 10.5 Å². The SMILES string of the molecule is COCCN1C=C(c2ccccc2)[C@H](NC(=O)Nc2cccc3oc4ccc(OC)cc4c23)C1. The second kappa shape index (κ2) is 9.49. The number of methoxy groups -OCH3 is 2. The molecular formula is C27H27N3O4. The molecular weight excluding hydrogens is 430 g/mol. The van der Waals surface area contributed by atoms with Gasteiger partial charge in [0.15, 0.2) is 0 Å². The molecule has 7 nitrogen and oxygen atoms in total. The third kappa shape index (κ3) is 4.30. The molecule has 1 aliphatic rings. The molecule has 1 atom stereocenters. The molecule has 174 valence electrons. The van der Waals surface area contributed by atoms with E-state index in [0.717, 1.165) is 39.8 Å². The lowest BCUT2D eigenvalue weighted by Crippen LogP contribution is -2.41. The Morgan fingerprint density at radius 1 is 1.06 bits per heavy atom. The Balaban J connectivity index is 1.40. The lowest BCUT2D eigenvalue weighted by molar-refractivity contribution is 0.171. The van der Waals surface area contributed by atoms with Crippen molar-refractivity contribution in [2.75, 3.05) is 39.2 Å². The van der Waals surface area contributed by atoms with Gasteiger partial charge in [0.1, 0.15) is 16.9 Å². The van der Waals surface area contributed by atoms with Crippen molar-refractivity contribution in [2.24, 2.45) is 0 Å². The Bertz CT molecular complexity index is 1350. The highest BCUT2D eigenvalue weighted by atomic mass is 16.5. The largest absolute Gasteiger partial charge is 0.497 e. The van der Waals surface area contributed by atoms with E-state index in [4.69, 9.17) is 13.9 Å². The number of benzene rings is 3. The second-order valence-electron chi connectivity index (χ2n) is 8.23. The molecule has 0 aliphatic carbocycles. The highest BCUT2D eigenvalue weighted by Gasteiger charge is 2.27. The van der Waals surface area contributed by atoms with Crippen molar-refractivity contribution in [1.29, 1.82) is 0 Å². The number of hydrogen-bond acceptors (Lipinski definition) is 5. The number of urea groups is 1. The number of rotatable bonds is 7. The molecule has 5 rings (SSSR count). The van der Waals surface area contributed by atoms with E-state index in [2.05, 4.69) is 33.9 Å². The Kier molecular flexibility index (Phi) is 6.10. The van der Waals surface area contributed by atoms with Crippen LogP contribution in [0.25, 0.3) is 27.5 Å². The minimum absolute atomic E-state index is 0.153. The van der Waals surface area contributed by atoms with Crippen molar-refractivity contribution in [2.45, 2.75) is 6.04 Å². The van der Waals surface area contributed by atoms with E-state index in [1.807, 2.05) is 54.6 Å². The maximum Gasteiger partial charge on any atom is 0.319 e. The Hall–Kier alpha value is -3.97. The lowest BCUT2D eigenvalue weighted by atomic mass is 10.0. The minimum Gasteiger partial charge on any atom is -0.497 e. The zero-order chi connectivity index (χ0) is 23.5. The quantitative estimate of drug-likeness (QED) is 0.404. The molecule has 2 N–H and O–H groups in total. The van der Waals surface area contributed by atoms with E-state index in [1.54, 1.807) is 14.2 Å². The topological polar surface area (TPSA) is 76.0 Å². The summed E-state index contributed by atoms with van der Waals surface area (Å²) >= 11 is 0. The number of nitrogens with one attached hydrogen (secondary N) is 2. The highest BCUT2D eigenvalue weighted by Crippen LogP contribution is 2.36. The van der Waals surface area contributed by atoms with Gasteiger partial charge in [-0.05, 0) is 41.5 Å². The summed E-state index contributed by atoms with van der Waals surface area (Å²) in [5.41, 5.74) is 4.29. The molecule has 2 heterocycles. The van der Waals surface area contributed by atoms with Gasteiger partial charge in [0.25, 0.3) is 0 Å². The van der Waals surface area contributed by atoms with Crippen molar-refractivity contribution in [3.05, 3.63) is 78.5 Å². The standard InChI is InChI=1S/C27H27N3O4/c1-32-14-13-30-16-21(18-7-4-3-5-8-18)23(17-30)29-27(31)28-22-9-6-10-25-26(22)20-15-19(33-2)11-12-24(20)34-25/h3-12,15-16,23H,13-14,17H2,1-2H3,(H2,28,29,31)/t23-/m1/s1.